The largest absolute Gasteiger partial charge is 0.374 e. The van der Waals surface area contributed by atoms with Gasteiger partial charge in [-0.2, -0.15) is 0 Å². The quantitative estimate of drug-likeness (QED) is 0.792. The Morgan fingerprint density at radius 1 is 1.41 bits per heavy atom. The minimum atomic E-state index is -0.658. The van der Waals surface area contributed by atoms with E-state index < -0.39 is 5.54 Å². The van der Waals surface area contributed by atoms with Gasteiger partial charge in [0.2, 0.25) is 5.91 Å². The molecule has 4 heteroatoms. The van der Waals surface area contributed by atoms with E-state index in [9.17, 15) is 4.79 Å². The van der Waals surface area contributed by atoms with Crippen molar-refractivity contribution >= 4 is 5.91 Å². The molecular weight excluding hydrogens is 216 g/mol. The van der Waals surface area contributed by atoms with Gasteiger partial charge in [0.1, 0.15) is 5.54 Å². The van der Waals surface area contributed by atoms with Crippen molar-refractivity contribution in [2.75, 3.05) is 13.2 Å². The lowest BCUT2D eigenvalue weighted by molar-refractivity contribution is -0.126. The van der Waals surface area contributed by atoms with Crippen LogP contribution >= 0.6 is 0 Å². The first-order valence-corrected chi connectivity index (χ1v) is 5.90. The molecule has 1 amide bonds. The summed E-state index contributed by atoms with van der Waals surface area (Å²) in [4.78, 5) is 11.4. The summed E-state index contributed by atoms with van der Waals surface area (Å²) in [5.41, 5.74) is 5.87. The highest BCUT2D eigenvalue weighted by Gasteiger charge is 2.39. The second kappa shape index (κ2) is 5.29. The number of amides is 1. The van der Waals surface area contributed by atoms with Gasteiger partial charge in [0.25, 0.3) is 0 Å². The molecule has 2 rings (SSSR count). The number of nitrogens with one attached hydrogen (secondary N) is 1. The van der Waals surface area contributed by atoms with Crippen LogP contribution in [0.5, 0.6) is 0 Å². The third-order valence-corrected chi connectivity index (χ3v) is 3.18. The average Bonchev–Trinajstić information content (AvgIpc) is 2.80. The molecule has 1 saturated heterocycles. The number of hydrogen-bond donors (Lipinski definition) is 2. The monoisotopic (exact) mass is 234 g/mol. The molecule has 1 aliphatic heterocycles. The molecule has 1 heterocycles. The summed E-state index contributed by atoms with van der Waals surface area (Å²) < 4.78 is 5.60. The average molecular weight is 234 g/mol. The van der Waals surface area contributed by atoms with E-state index in [0.29, 0.717) is 13.2 Å². The maximum absolute atomic E-state index is 11.4. The minimum absolute atomic E-state index is 0.317. The highest BCUT2D eigenvalue weighted by atomic mass is 16.5. The summed E-state index contributed by atoms with van der Waals surface area (Å²) in [5, 5.41) is 3.16. The predicted molar refractivity (Wildman–Crippen MR) is 65.3 cm³/mol. The van der Waals surface area contributed by atoms with E-state index in [2.05, 4.69) is 5.32 Å². The second-order valence-electron chi connectivity index (χ2n) is 4.46. The predicted octanol–water partition coefficient (Wildman–Crippen LogP) is 0.811. The third kappa shape index (κ3) is 2.84. The number of benzene rings is 1. The maximum Gasteiger partial charge on any atom is 0.240 e. The SMILES string of the molecule is NC(=O)C1(COCc2ccccc2)CCCN1. The lowest BCUT2D eigenvalue weighted by Gasteiger charge is -2.25. The fraction of sp³-hybridized carbons (Fsp3) is 0.462. The molecule has 0 spiro atoms. The number of nitrogens with two attached hydrogens (primary N) is 1. The normalized spacial score (nSPS) is 23.8. The zero-order valence-electron chi connectivity index (χ0n) is 9.82. The number of carbonyl (C=O) groups excluding carboxylic acids is 1. The van der Waals surface area contributed by atoms with Crippen molar-refractivity contribution in [1.29, 1.82) is 0 Å². The van der Waals surface area contributed by atoms with E-state index >= 15 is 0 Å². The van der Waals surface area contributed by atoms with E-state index in [1.165, 1.54) is 0 Å². The van der Waals surface area contributed by atoms with Crippen LogP contribution in [0.3, 0.4) is 0 Å². The molecule has 1 aliphatic rings. The third-order valence-electron chi connectivity index (χ3n) is 3.18. The van der Waals surface area contributed by atoms with Crippen LogP contribution in [-0.2, 0) is 16.1 Å². The Balaban J connectivity index is 1.87. The van der Waals surface area contributed by atoms with Gasteiger partial charge in [-0.3, -0.25) is 4.79 Å². The van der Waals surface area contributed by atoms with Gasteiger partial charge in [-0.25, -0.2) is 0 Å². The first-order valence-electron chi connectivity index (χ1n) is 5.90. The fourth-order valence-corrected chi connectivity index (χ4v) is 2.13. The number of ether oxygens (including phenoxy) is 1. The van der Waals surface area contributed by atoms with E-state index in [1.54, 1.807) is 0 Å². The lowest BCUT2D eigenvalue weighted by atomic mass is 9.98. The first kappa shape index (κ1) is 12.1. The fourth-order valence-electron chi connectivity index (χ4n) is 2.13. The van der Waals surface area contributed by atoms with Gasteiger partial charge in [0, 0.05) is 0 Å². The van der Waals surface area contributed by atoms with Crippen molar-refractivity contribution in [3.8, 4) is 0 Å². The minimum Gasteiger partial charge on any atom is -0.374 e. The molecule has 1 atom stereocenters. The van der Waals surface area contributed by atoms with Crippen molar-refractivity contribution in [2.24, 2.45) is 5.73 Å². The summed E-state index contributed by atoms with van der Waals surface area (Å²) in [6, 6.07) is 9.90. The Kier molecular flexibility index (Phi) is 3.76. The molecule has 1 aromatic rings. The molecule has 3 N–H and O–H groups in total. The number of hydrogen-bond acceptors (Lipinski definition) is 3. The standard InChI is InChI=1S/C13H18N2O2/c14-12(16)13(7-4-8-15-13)10-17-9-11-5-2-1-3-6-11/h1-3,5-6,15H,4,7-10H2,(H2,14,16). The van der Waals surface area contributed by atoms with Crippen LogP contribution in [0.4, 0.5) is 0 Å². The Bertz CT molecular complexity index is 372. The van der Waals surface area contributed by atoms with Crippen LogP contribution in [0.2, 0.25) is 0 Å². The summed E-state index contributed by atoms with van der Waals surface area (Å²) in [6.07, 6.45) is 1.73. The summed E-state index contributed by atoms with van der Waals surface area (Å²) >= 11 is 0. The van der Waals surface area contributed by atoms with E-state index in [-0.39, 0.29) is 5.91 Å². The summed E-state index contributed by atoms with van der Waals surface area (Å²) in [7, 11) is 0. The molecule has 92 valence electrons. The Labute approximate surface area is 101 Å². The smallest absolute Gasteiger partial charge is 0.240 e. The first-order chi connectivity index (χ1) is 8.23. The van der Waals surface area contributed by atoms with E-state index in [1.807, 2.05) is 30.3 Å². The molecule has 17 heavy (non-hydrogen) atoms. The Morgan fingerprint density at radius 3 is 2.76 bits per heavy atom. The zero-order chi connectivity index (χ0) is 12.1. The van der Waals surface area contributed by atoms with Gasteiger partial charge in [-0.1, -0.05) is 30.3 Å². The van der Waals surface area contributed by atoms with Crippen molar-refractivity contribution in [2.45, 2.75) is 25.0 Å². The molecule has 1 fully saturated rings. The highest BCUT2D eigenvalue weighted by Crippen LogP contribution is 2.19. The van der Waals surface area contributed by atoms with Crippen molar-refractivity contribution in [3.05, 3.63) is 35.9 Å². The Hall–Kier alpha value is -1.39. The molecular formula is C13H18N2O2. The second-order valence-corrected chi connectivity index (χ2v) is 4.46. The van der Waals surface area contributed by atoms with Gasteiger partial charge < -0.3 is 15.8 Å². The van der Waals surface area contributed by atoms with Gasteiger partial charge in [-0.15, -0.1) is 0 Å². The van der Waals surface area contributed by atoms with Crippen molar-refractivity contribution in [1.82, 2.24) is 5.32 Å². The Morgan fingerprint density at radius 2 is 2.18 bits per heavy atom. The van der Waals surface area contributed by atoms with Gasteiger partial charge in [-0.05, 0) is 24.9 Å². The van der Waals surface area contributed by atoms with Crippen LogP contribution in [0.25, 0.3) is 0 Å². The van der Waals surface area contributed by atoms with Gasteiger partial charge >= 0.3 is 0 Å². The molecule has 1 aromatic carbocycles. The summed E-state index contributed by atoms with van der Waals surface area (Å²) in [6.45, 7) is 1.69. The highest BCUT2D eigenvalue weighted by molar-refractivity contribution is 5.85. The van der Waals surface area contributed by atoms with Gasteiger partial charge in [0.05, 0.1) is 13.2 Å². The maximum atomic E-state index is 11.4. The number of primary amides is 1. The molecule has 0 aliphatic carbocycles. The summed E-state index contributed by atoms with van der Waals surface area (Å²) in [5.74, 6) is -0.317. The number of rotatable bonds is 5. The lowest BCUT2D eigenvalue weighted by Crippen LogP contribution is -2.54. The van der Waals surface area contributed by atoms with Gasteiger partial charge in [0.15, 0.2) is 0 Å². The molecule has 0 aromatic heterocycles. The van der Waals surface area contributed by atoms with Crippen LogP contribution in [0.15, 0.2) is 30.3 Å². The number of carbonyl (C=O) groups is 1. The van der Waals surface area contributed by atoms with E-state index in [4.69, 9.17) is 10.5 Å². The van der Waals surface area contributed by atoms with Crippen LogP contribution in [0.1, 0.15) is 18.4 Å². The molecule has 0 bridgehead atoms. The molecule has 1 unspecified atom stereocenters. The molecule has 0 radical (unpaired) electrons. The zero-order valence-corrected chi connectivity index (χ0v) is 9.82. The van der Waals surface area contributed by atoms with Crippen molar-refractivity contribution in [3.63, 3.8) is 0 Å². The molecule has 0 saturated carbocycles. The topological polar surface area (TPSA) is 64.4 Å². The van der Waals surface area contributed by atoms with Crippen LogP contribution in [-0.4, -0.2) is 24.6 Å². The van der Waals surface area contributed by atoms with E-state index in [0.717, 1.165) is 24.9 Å². The van der Waals surface area contributed by atoms with Crippen LogP contribution in [0, 0.1) is 0 Å². The van der Waals surface area contributed by atoms with Crippen LogP contribution < -0.4 is 11.1 Å². The molecule has 4 nitrogen and oxygen atoms in total. The van der Waals surface area contributed by atoms with Crippen molar-refractivity contribution < 1.29 is 9.53 Å².